The van der Waals surface area contributed by atoms with E-state index in [0.29, 0.717) is 28.4 Å². The van der Waals surface area contributed by atoms with Crippen molar-refractivity contribution < 1.29 is 9.53 Å². The van der Waals surface area contributed by atoms with Crippen LogP contribution < -0.4 is 4.74 Å². The number of carbonyl (C=O) groups excluding carboxylic acids is 1. The first kappa shape index (κ1) is 15.6. The number of nitrogens with zero attached hydrogens (tertiary/aromatic N) is 2. The van der Waals surface area contributed by atoms with Gasteiger partial charge in [-0.1, -0.05) is 11.6 Å². The zero-order valence-corrected chi connectivity index (χ0v) is 14.0. The summed E-state index contributed by atoms with van der Waals surface area (Å²) in [7, 11) is 3.75. The van der Waals surface area contributed by atoms with Gasteiger partial charge in [0.25, 0.3) is 5.91 Å². The summed E-state index contributed by atoms with van der Waals surface area (Å²) in [4.78, 5) is 17.4. The minimum absolute atomic E-state index is 0.0660. The van der Waals surface area contributed by atoms with E-state index < -0.39 is 0 Å². The molecule has 2 atom stereocenters. The number of likely N-dealkylation sites (N-methyl/N-ethyl adjacent to an activating group) is 1. The number of hydrogen-bond donors (Lipinski definition) is 0. The summed E-state index contributed by atoms with van der Waals surface area (Å²) in [6.45, 7) is 1.97. The first-order valence-electron chi connectivity index (χ1n) is 7.96. The molecular weight excluding hydrogens is 300 g/mol. The second-order valence-corrected chi connectivity index (χ2v) is 6.68. The van der Waals surface area contributed by atoms with Crippen molar-refractivity contribution in [3.8, 4) is 5.75 Å². The van der Waals surface area contributed by atoms with Crippen molar-refractivity contribution in [3.05, 3.63) is 28.8 Å². The molecule has 0 saturated carbocycles. The molecule has 2 aliphatic rings. The van der Waals surface area contributed by atoms with Gasteiger partial charge in [-0.2, -0.15) is 0 Å². The smallest absolute Gasteiger partial charge is 0.257 e. The average Bonchev–Trinajstić information content (AvgIpc) is 3.14. The number of hydrogen-bond acceptors (Lipinski definition) is 3. The number of halogens is 1. The maximum Gasteiger partial charge on any atom is 0.257 e. The molecule has 2 saturated heterocycles. The predicted molar refractivity (Wildman–Crippen MR) is 87.7 cm³/mol. The Hall–Kier alpha value is -1.26. The summed E-state index contributed by atoms with van der Waals surface area (Å²) in [5.74, 6) is 0.624. The van der Waals surface area contributed by atoms with E-state index in [1.807, 2.05) is 4.90 Å². The Morgan fingerprint density at radius 1 is 1.23 bits per heavy atom. The predicted octanol–water partition coefficient (Wildman–Crippen LogP) is 3.05. The molecule has 0 aromatic heterocycles. The number of carbonyl (C=O) groups is 1. The fourth-order valence-corrected chi connectivity index (χ4v) is 4.03. The molecule has 22 heavy (non-hydrogen) atoms. The Morgan fingerprint density at radius 3 is 2.64 bits per heavy atom. The lowest BCUT2D eigenvalue weighted by atomic mass is 10.0. The van der Waals surface area contributed by atoms with Gasteiger partial charge in [-0.15, -0.1) is 0 Å². The van der Waals surface area contributed by atoms with Gasteiger partial charge in [-0.25, -0.2) is 0 Å². The van der Waals surface area contributed by atoms with Crippen LogP contribution in [0.2, 0.25) is 5.02 Å². The van der Waals surface area contributed by atoms with E-state index in [1.54, 1.807) is 25.3 Å². The van der Waals surface area contributed by atoms with Gasteiger partial charge in [-0.05, 0) is 57.5 Å². The molecule has 0 radical (unpaired) electrons. The van der Waals surface area contributed by atoms with Gasteiger partial charge in [-0.3, -0.25) is 4.79 Å². The van der Waals surface area contributed by atoms with Crippen LogP contribution in [0.3, 0.4) is 0 Å². The number of benzene rings is 1. The molecule has 2 heterocycles. The largest absolute Gasteiger partial charge is 0.496 e. The maximum absolute atomic E-state index is 13.0. The summed E-state index contributed by atoms with van der Waals surface area (Å²) in [5.41, 5.74) is 0.611. The van der Waals surface area contributed by atoms with E-state index in [1.165, 1.54) is 12.8 Å². The average molecular weight is 323 g/mol. The number of likely N-dealkylation sites (tertiary alicyclic amines) is 2. The molecule has 1 aromatic carbocycles. The second kappa shape index (κ2) is 6.47. The number of amides is 1. The normalized spacial score (nSPS) is 25.7. The molecule has 4 nitrogen and oxygen atoms in total. The Morgan fingerprint density at radius 2 is 1.95 bits per heavy atom. The minimum atomic E-state index is 0.0660. The van der Waals surface area contributed by atoms with Crippen LogP contribution in [-0.4, -0.2) is 55.0 Å². The summed E-state index contributed by atoms with van der Waals surface area (Å²) >= 11 is 6.00. The van der Waals surface area contributed by atoms with Crippen LogP contribution in [-0.2, 0) is 0 Å². The molecule has 120 valence electrons. The summed E-state index contributed by atoms with van der Waals surface area (Å²) in [5, 5.41) is 0.585. The molecule has 2 aliphatic heterocycles. The van der Waals surface area contributed by atoms with Crippen molar-refractivity contribution in [2.24, 2.45) is 0 Å². The lowest BCUT2D eigenvalue weighted by Gasteiger charge is -2.33. The van der Waals surface area contributed by atoms with E-state index in [-0.39, 0.29) is 5.91 Å². The molecule has 2 fully saturated rings. The molecule has 0 aliphatic carbocycles. The van der Waals surface area contributed by atoms with E-state index in [4.69, 9.17) is 16.3 Å². The monoisotopic (exact) mass is 322 g/mol. The van der Waals surface area contributed by atoms with Crippen LogP contribution in [0.1, 0.15) is 36.0 Å². The SMILES string of the molecule is COc1cc(Cl)ccc1C(=O)N1CCC[C@@H]1[C@@H]1CCCN1C. The highest BCUT2D eigenvalue weighted by atomic mass is 35.5. The Balaban J connectivity index is 1.84. The van der Waals surface area contributed by atoms with E-state index in [2.05, 4.69) is 11.9 Å². The third kappa shape index (κ3) is 2.82. The van der Waals surface area contributed by atoms with Gasteiger partial charge in [0.2, 0.25) is 0 Å². The Kier molecular flexibility index (Phi) is 4.59. The van der Waals surface area contributed by atoms with Crippen LogP contribution in [0.5, 0.6) is 5.75 Å². The Labute approximate surface area is 137 Å². The van der Waals surface area contributed by atoms with E-state index in [9.17, 15) is 4.79 Å². The molecule has 3 rings (SSSR count). The zero-order valence-electron chi connectivity index (χ0n) is 13.2. The summed E-state index contributed by atoms with van der Waals surface area (Å²) < 4.78 is 5.35. The highest BCUT2D eigenvalue weighted by molar-refractivity contribution is 6.30. The first-order chi connectivity index (χ1) is 10.6. The summed E-state index contributed by atoms with van der Waals surface area (Å²) in [6.07, 6.45) is 4.58. The number of rotatable bonds is 3. The Bertz CT molecular complexity index is 564. The molecule has 0 unspecified atom stereocenters. The molecule has 0 spiro atoms. The van der Waals surface area contributed by atoms with Gasteiger partial charge in [0.05, 0.1) is 12.7 Å². The standard InChI is InChI=1S/C17H23ClN2O2/c1-19-9-3-5-14(19)15-6-4-10-20(15)17(21)13-8-7-12(18)11-16(13)22-2/h7-8,11,14-15H,3-6,9-10H2,1-2H3/t14-,15+/m0/s1. The maximum atomic E-state index is 13.0. The van der Waals surface area contributed by atoms with Gasteiger partial charge in [0.15, 0.2) is 0 Å². The third-order valence-corrected chi connectivity index (χ3v) is 5.21. The zero-order chi connectivity index (χ0) is 15.7. The number of methoxy groups -OCH3 is 1. The van der Waals surface area contributed by atoms with Crippen molar-refractivity contribution in [1.29, 1.82) is 0 Å². The van der Waals surface area contributed by atoms with Gasteiger partial charge < -0.3 is 14.5 Å². The fraction of sp³-hybridized carbons (Fsp3) is 0.588. The van der Waals surface area contributed by atoms with Gasteiger partial charge in [0, 0.05) is 23.7 Å². The van der Waals surface area contributed by atoms with Crippen molar-refractivity contribution in [2.75, 3.05) is 27.2 Å². The van der Waals surface area contributed by atoms with Gasteiger partial charge >= 0.3 is 0 Å². The van der Waals surface area contributed by atoms with Crippen LogP contribution in [0, 0.1) is 0 Å². The quantitative estimate of drug-likeness (QED) is 0.857. The van der Waals surface area contributed by atoms with E-state index >= 15 is 0 Å². The lowest BCUT2D eigenvalue weighted by molar-refractivity contribution is 0.0661. The van der Waals surface area contributed by atoms with Crippen molar-refractivity contribution in [3.63, 3.8) is 0 Å². The van der Waals surface area contributed by atoms with Crippen molar-refractivity contribution >= 4 is 17.5 Å². The van der Waals surface area contributed by atoms with Gasteiger partial charge in [0.1, 0.15) is 5.75 Å². The highest BCUT2D eigenvalue weighted by Gasteiger charge is 2.39. The minimum Gasteiger partial charge on any atom is -0.496 e. The molecule has 0 N–H and O–H groups in total. The van der Waals surface area contributed by atoms with Crippen molar-refractivity contribution in [2.45, 2.75) is 37.8 Å². The second-order valence-electron chi connectivity index (χ2n) is 6.24. The van der Waals surface area contributed by atoms with Crippen molar-refractivity contribution in [1.82, 2.24) is 9.80 Å². The lowest BCUT2D eigenvalue weighted by Crippen LogP contribution is -2.47. The summed E-state index contributed by atoms with van der Waals surface area (Å²) in [6, 6.07) is 6.05. The number of ether oxygens (including phenoxy) is 1. The molecule has 5 heteroatoms. The highest BCUT2D eigenvalue weighted by Crippen LogP contribution is 2.32. The van der Waals surface area contributed by atoms with Crippen LogP contribution in [0.4, 0.5) is 0 Å². The molecular formula is C17H23ClN2O2. The van der Waals surface area contributed by atoms with Crippen LogP contribution >= 0.6 is 11.6 Å². The molecule has 0 bridgehead atoms. The molecule has 1 amide bonds. The molecule has 1 aromatic rings. The topological polar surface area (TPSA) is 32.8 Å². The third-order valence-electron chi connectivity index (χ3n) is 4.98. The van der Waals surface area contributed by atoms with Crippen LogP contribution in [0.15, 0.2) is 18.2 Å². The first-order valence-corrected chi connectivity index (χ1v) is 8.34. The van der Waals surface area contributed by atoms with E-state index in [0.717, 1.165) is 25.9 Å². The van der Waals surface area contributed by atoms with Crippen LogP contribution in [0.25, 0.3) is 0 Å². The fourth-order valence-electron chi connectivity index (χ4n) is 3.86.